The first kappa shape index (κ1) is 14.9. The monoisotopic (exact) mass is 292 g/mol. The standard InChI is InChI=1S/C15H20N2O2S/c1-2-3-6-9-16-14(18)10-17-12-7-4-5-8-13(12)20-11-15(17)19/h4-5,7-8H,2-3,6,9-11H2,1H3,(H,16,18). The number of unbranched alkanes of at least 4 members (excludes halogenated alkanes) is 2. The fraction of sp³-hybridized carbons (Fsp3) is 0.467. The molecule has 0 bridgehead atoms. The first-order valence-corrected chi connectivity index (χ1v) is 8.00. The third-order valence-corrected chi connectivity index (χ3v) is 4.26. The number of nitrogens with one attached hydrogen (secondary N) is 1. The summed E-state index contributed by atoms with van der Waals surface area (Å²) in [5.41, 5.74) is 0.845. The molecule has 0 saturated heterocycles. The van der Waals surface area contributed by atoms with Crippen LogP contribution in [0.2, 0.25) is 0 Å². The van der Waals surface area contributed by atoms with Gasteiger partial charge in [0.15, 0.2) is 0 Å². The van der Waals surface area contributed by atoms with E-state index in [1.165, 1.54) is 11.8 Å². The number of benzene rings is 1. The fourth-order valence-electron chi connectivity index (χ4n) is 2.13. The molecule has 1 aromatic carbocycles. The maximum Gasteiger partial charge on any atom is 0.240 e. The smallest absolute Gasteiger partial charge is 0.240 e. The molecule has 0 radical (unpaired) electrons. The molecule has 1 heterocycles. The topological polar surface area (TPSA) is 49.4 Å². The summed E-state index contributed by atoms with van der Waals surface area (Å²) < 4.78 is 0. The minimum atomic E-state index is -0.0869. The third-order valence-electron chi connectivity index (χ3n) is 3.21. The lowest BCUT2D eigenvalue weighted by Crippen LogP contribution is -2.43. The molecule has 0 fully saturated rings. The number of amides is 2. The highest BCUT2D eigenvalue weighted by Crippen LogP contribution is 2.34. The molecule has 0 spiro atoms. The van der Waals surface area contributed by atoms with E-state index < -0.39 is 0 Å². The van der Waals surface area contributed by atoms with Crippen LogP contribution in [-0.2, 0) is 9.59 Å². The van der Waals surface area contributed by atoms with E-state index in [1.807, 2.05) is 24.3 Å². The Balaban J connectivity index is 1.94. The number of hydrogen-bond acceptors (Lipinski definition) is 3. The number of para-hydroxylation sites is 1. The van der Waals surface area contributed by atoms with Gasteiger partial charge in [-0.1, -0.05) is 31.9 Å². The van der Waals surface area contributed by atoms with Crippen LogP contribution < -0.4 is 10.2 Å². The van der Waals surface area contributed by atoms with Crippen molar-refractivity contribution in [3.8, 4) is 0 Å². The molecule has 2 rings (SSSR count). The molecule has 1 aliphatic heterocycles. The van der Waals surface area contributed by atoms with Crippen molar-refractivity contribution in [3.05, 3.63) is 24.3 Å². The molecule has 0 saturated carbocycles. The summed E-state index contributed by atoms with van der Waals surface area (Å²) in [5, 5.41) is 2.88. The normalized spacial score (nSPS) is 14.1. The Kier molecular flexibility index (Phi) is 5.47. The number of fused-ring (bicyclic) bond motifs is 1. The van der Waals surface area contributed by atoms with Crippen LogP contribution in [0.5, 0.6) is 0 Å². The molecular weight excluding hydrogens is 272 g/mol. The highest BCUT2D eigenvalue weighted by atomic mass is 32.2. The summed E-state index contributed by atoms with van der Waals surface area (Å²) in [6.45, 7) is 2.93. The first-order valence-electron chi connectivity index (χ1n) is 7.01. The lowest BCUT2D eigenvalue weighted by atomic mass is 10.2. The van der Waals surface area contributed by atoms with Gasteiger partial charge in [0.25, 0.3) is 0 Å². The zero-order valence-corrected chi connectivity index (χ0v) is 12.5. The average Bonchev–Trinajstić information content (AvgIpc) is 2.47. The molecule has 1 aliphatic rings. The predicted octanol–water partition coefficient (Wildman–Crippen LogP) is 2.43. The van der Waals surface area contributed by atoms with Crippen LogP contribution in [0.3, 0.4) is 0 Å². The Labute approximate surface area is 123 Å². The minimum Gasteiger partial charge on any atom is -0.355 e. The van der Waals surface area contributed by atoms with E-state index in [0.717, 1.165) is 29.8 Å². The lowest BCUT2D eigenvalue weighted by Gasteiger charge is -2.28. The molecule has 108 valence electrons. The van der Waals surface area contributed by atoms with Crippen LogP contribution >= 0.6 is 11.8 Å². The molecule has 0 unspecified atom stereocenters. The molecule has 0 atom stereocenters. The number of carbonyl (C=O) groups excluding carboxylic acids is 2. The number of nitrogens with zero attached hydrogens (tertiary/aromatic N) is 1. The van der Waals surface area contributed by atoms with Gasteiger partial charge >= 0.3 is 0 Å². The Morgan fingerprint density at radius 2 is 2.15 bits per heavy atom. The Morgan fingerprint density at radius 3 is 2.95 bits per heavy atom. The Bertz CT molecular complexity index is 491. The van der Waals surface area contributed by atoms with Crippen molar-refractivity contribution in [3.63, 3.8) is 0 Å². The van der Waals surface area contributed by atoms with Crippen molar-refractivity contribution in [2.24, 2.45) is 0 Å². The molecule has 0 aromatic heterocycles. The van der Waals surface area contributed by atoms with Gasteiger partial charge in [-0.2, -0.15) is 0 Å². The number of hydrogen-bond donors (Lipinski definition) is 1. The molecule has 5 heteroatoms. The van der Waals surface area contributed by atoms with E-state index in [1.54, 1.807) is 4.90 Å². The van der Waals surface area contributed by atoms with Crippen LogP contribution in [-0.4, -0.2) is 30.7 Å². The summed E-state index contributed by atoms with van der Waals surface area (Å²) in [5.74, 6) is 0.314. The summed E-state index contributed by atoms with van der Waals surface area (Å²) in [6, 6.07) is 7.72. The quantitative estimate of drug-likeness (QED) is 0.819. The molecule has 0 aliphatic carbocycles. The van der Waals surface area contributed by atoms with E-state index >= 15 is 0 Å². The summed E-state index contributed by atoms with van der Waals surface area (Å²) >= 11 is 1.53. The molecule has 1 N–H and O–H groups in total. The van der Waals surface area contributed by atoms with E-state index in [-0.39, 0.29) is 18.4 Å². The summed E-state index contributed by atoms with van der Waals surface area (Å²) in [7, 11) is 0. The van der Waals surface area contributed by atoms with E-state index in [4.69, 9.17) is 0 Å². The maximum absolute atomic E-state index is 12.0. The van der Waals surface area contributed by atoms with Crippen LogP contribution in [0.4, 0.5) is 5.69 Å². The van der Waals surface area contributed by atoms with Gasteiger partial charge in [-0.05, 0) is 18.6 Å². The highest BCUT2D eigenvalue weighted by Gasteiger charge is 2.25. The van der Waals surface area contributed by atoms with Gasteiger partial charge in [0.2, 0.25) is 11.8 Å². The van der Waals surface area contributed by atoms with Crippen molar-refractivity contribution < 1.29 is 9.59 Å². The Hall–Kier alpha value is -1.49. The second-order valence-electron chi connectivity index (χ2n) is 4.79. The van der Waals surface area contributed by atoms with Crippen LogP contribution in [0.25, 0.3) is 0 Å². The SMILES string of the molecule is CCCCCNC(=O)CN1C(=O)CSc2ccccc21. The summed E-state index contributed by atoms with van der Waals surface area (Å²) in [4.78, 5) is 26.6. The van der Waals surface area contributed by atoms with E-state index in [0.29, 0.717) is 12.3 Å². The van der Waals surface area contributed by atoms with Gasteiger partial charge in [0.1, 0.15) is 6.54 Å². The van der Waals surface area contributed by atoms with Crippen molar-refractivity contribution in [1.82, 2.24) is 5.32 Å². The second-order valence-corrected chi connectivity index (χ2v) is 5.81. The molecular formula is C15H20N2O2S. The van der Waals surface area contributed by atoms with Crippen molar-refractivity contribution in [1.29, 1.82) is 0 Å². The van der Waals surface area contributed by atoms with Gasteiger partial charge in [-0.15, -0.1) is 11.8 Å². The third kappa shape index (κ3) is 3.76. The number of carbonyl (C=O) groups is 2. The lowest BCUT2D eigenvalue weighted by molar-refractivity contribution is -0.123. The van der Waals surface area contributed by atoms with Crippen LogP contribution in [0, 0.1) is 0 Å². The van der Waals surface area contributed by atoms with Gasteiger partial charge < -0.3 is 10.2 Å². The zero-order valence-electron chi connectivity index (χ0n) is 11.7. The average molecular weight is 292 g/mol. The van der Waals surface area contributed by atoms with Crippen molar-refractivity contribution >= 4 is 29.3 Å². The van der Waals surface area contributed by atoms with Crippen LogP contribution in [0.1, 0.15) is 26.2 Å². The number of rotatable bonds is 6. The van der Waals surface area contributed by atoms with Gasteiger partial charge in [-0.3, -0.25) is 9.59 Å². The van der Waals surface area contributed by atoms with Gasteiger partial charge in [-0.25, -0.2) is 0 Å². The minimum absolute atomic E-state index is 0.00240. The molecule has 1 aromatic rings. The zero-order chi connectivity index (χ0) is 14.4. The summed E-state index contributed by atoms with van der Waals surface area (Å²) in [6.07, 6.45) is 3.23. The first-order chi connectivity index (χ1) is 9.72. The van der Waals surface area contributed by atoms with Crippen molar-refractivity contribution in [2.45, 2.75) is 31.1 Å². The largest absolute Gasteiger partial charge is 0.355 e. The Morgan fingerprint density at radius 1 is 1.35 bits per heavy atom. The van der Waals surface area contributed by atoms with Gasteiger partial charge in [0, 0.05) is 11.4 Å². The van der Waals surface area contributed by atoms with Gasteiger partial charge in [0.05, 0.1) is 11.4 Å². The van der Waals surface area contributed by atoms with E-state index in [2.05, 4.69) is 12.2 Å². The van der Waals surface area contributed by atoms with E-state index in [9.17, 15) is 9.59 Å². The fourth-order valence-corrected chi connectivity index (χ4v) is 3.07. The predicted molar refractivity (Wildman–Crippen MR) is 82.1 cm³/mol. The molecule has 20 heavy (non-hydrogen) atoms. The second kappa shape index (κ2) is 7.33. The van der Waals surface area contributed by atoms with Crippen molar-refractivity contribution in [2.75, 3.05) is 23.7 Å². The van der Waals surface area contributed by atoms with Crippen LogP contribution in [0.15, 0.2) is 29.2 Å². The molecule has 2 amide bonds. The number of thioether (sulfide) groups is 1. The highest BCUT2D eigenvalue weighted by molar-refractivity contribution is 8.00. The number of anilines is 1. The molecule has 4 nitrogen and oxygen atoms in total. The maximum atomic E-state index is 12.0.